The molecule has 1 aliphatic rings. The molecule has 0 N–H and O–H groups in total. The molecule has 0 radical (unpaired) electrons. The van der Waals surface area contributed by atoms with Crippen LogP contribution >= 0.6 is 11.3 Å². The lowest BCUT2D eigenvalue weighted by atomic mass is 10.1. The van der Waals surface area contributed by atoms with Gasteiger partial charge in [-0.3, -0.25) is 14.0 Å². The summed E-state index contributed by atoms with van der Waals surface area (Å²) in [5.41, 5.74) is 3.75. The summed E-state index contributed by atoms with van der Waals surface area (Å²) >= 11 is 1.47. The van der Waals surface area contributed by atoms with Gasteiger partial charge in [-0.25, -0.2) is 10.0 Å². The zero-order valence-electron chi connectivity index (χ0n) is 12.2. The van der Waals surface area contributed by atoms with E-state index >= 15 is 0 Å². The molecule has 0 saturated carbocycles. The van der Waals surface area contributed by atoms with Crippen molar-refractivity contribution in [2.75, 3.05) is 13.2 Å². The molecule has 5 nitrogen and oxygen atoms in total. The first-order valence-corrected chi connectivity index (χ1v) is 8.09. The number of hydrogen-bond donors (Lipinski definition) is 0. The second kappa shape index (κ2) is 5.23. The van der Waals surface area contributed by atoms with E-state index in [2.05, 4.69) is 24.0 Å². The van der Waals surface area contributed by atoms with Gasteiger partial charge in [0.25, 0.3) is 5.91 Å². The smallest absolute Gasteiger partial charge is 0.285 e. The van der Waals surface area contributed by atoms with Gasteiger partial charge in [0.05, 0.1) is 18.8 Å². The molecule has 112 valence electrons. The van der Waals surface area contributed by atoms with Gasteiger partial charge in [-0.1, -0.05) is 29.8 Å². The molecule has 22 heavy (non-hydrogen) atoms. The highest BCUT2D eigenvalue weighted by molar-refractivity contribution is 7.15. The van der Waals surface area contributed by atoms with Gasteiger partial charge in [0.1, 0.15) is 5.69 Å². The second-order valence-corrected chi connectivity index (χ2v) is 6.20. The number of thiazole rings is 1. The van der Waals surface area contributed by atoms with Crippen LogP contribution in [0.2, 0.25) is 0 Å². The molecule has 1 amide bonds. The molecule has 0 unspecified atom stereocenters. The lowest BCUT2D eigenvalue weighted by molar-refractivity contribution is -0.0772. The molecule has 0 aliphatic carbocycles. The van der Waals surface area contributed by atoms with Crippen molar-refractivity contribution in [3.8, 4) is 11.3 Å². The standard InChI is InChI=1S/C16H15N3O2S/c1-11-3-5-12(6-4-11)13-9-18-14(10-22-16(18)17-13)15(20)19-7-2-8-21-19/h3-6,9-10H,2,7-8H2,1H3. The van der Waals surface area contributed by atoms with Crippen molar-refractivity contribution in [1.82, 2.24) is 14.4 Å². The summed E-state index contributed by atoms with van der Waals surface area (Å²) in [7, 11) is 0. The number of aryl methyl sites for hydroxylation is 1. The molecule has 0 spiro atoms. The Morgan fingerprint density at radius 2 is 2.14 bits per heavy atom. The van der Waals surface area contributed by atoms with Crippen molar-refractivity contribution < 1.29 is 9.63 Å². The van der Waals surface area contributed by atoms with Crippen LogP contribution in [0.5, 0.6) is 0 Å². The Kier molecular flexibility index (Phi) is 3.20. The van der Waals surface area contributed by atoms with Crippen molar-refractivity contribution in [3.63, 3.8) is 0 Å². The summed E-state index contributed by atoms with van der Waals surface area (Å²) in [4.78, 5) is 23.2. The van der Waals surface area contributed by atoms with Crippen LogP contribution in [-0.4, -0.2) is 33.5 Å². The Hall–Kier alpha value is -2.18. The molecule has 6 heteroatoms. The van der Waals surface area contributed by atoms with Gasteiger partial charge in [-0.15, -0.1) is 11.3 Å². The van der Waals surface area contributed by atoms with E-state index < -0.39 is 0 Å². The summed E-state index contributed by atoms with van der Waals surface area (Å²) < 4.78 is 1.85. The number of fused-ring (bicyclic) bond motifs is 1. The number of imidazole rings is 1. The van der Waals surface area contributed by atoms with Crippen LogP contribution in [0.25, 0.3) is 16.2 Å². The van der Waals surface area contributed by atoms with Gasteiger partial charge in [0.2, 0.25) is 0 Å². The predicted octanol–water partition coefficient (Wildman–Crippen LogP) is 3.15. The average Bonchev–Trinajstić information content (AvgIpc) is 3.24. The minimum Gasteiger partial charge on any atom is -0.285 e. The molecular formula is C16H15N3O2S. The molecule has 4 rings (SSSR count). The third-order valence-electron chi connectivity index (χ3n) is 3.75. The Bertz CT molecular complexity index is 829. The topological polar surface area (TPSA) is 46.8 Å². The van der Waals surface area contributed by atoms with Crippen molar-refractivity contribution in [3.05, 3.63) is 47.1 Å². The minimum absolute atomic E-state index is 0.100. The summed E-state index contributed by atoms with van der Waals surface area (Å²) in [6.07, 6.45) is 2.80. The summed E-state index contributed by atoms with van der Waals surface area (Å²) in [6, 6.07) is 8.22. The van der Waals surface area contributed by atoms with E-state index in [1.807, 2.05) is 28.1 Å². The molecule has 1 saturated heterocycles. The van der Waals surface area contributed by atoms with Crippen LogP contribution in [0, 0.1) is 6.92 Å². The fraction of sp³-hybridized carbons (Fsp3) is 0.250. The molecule has 1 aliphatic heterocycles. The van der Waals surface area contributed by atoms with E-state index in [0.29, 0.717) is 18.8 Å². The number of hydrogen-bond acceptors (Lipinski definition) is 4. The summed E-state index contributed by atoms with van der Waals surface area (Å²) in [5.74, 6) is -0.100. The Morgan fingerprint density at radius 1 is 1.32 bits per heavy atom. The third kappa shape index (κ3) is 2.20. The Morgan fingerprint density at radius 3 is 2.86 bits per heavy atom. The molecule has 0 bridgehead atoms. The molecule has 3 heterocycles. The van der Waals surface area contributed by atoms with Crippen LogP contribution in [0.1, 0.15) is 22.5 Å². The third-order valence-corrected chi connectivity index (χ3v) is 4.59. The first kappa shape index (κ1) is 13.5. The zero-order valence-corrected chi connectivity index (χ0v) is 13.0. The highest BCUT2D eigenvalue weighted by Gasteiger charge is 2.24. The van der Waals surface area contributed by atoms with E-state index in [4.69, 9.17) is 4.84 Å². The zero-order chi connectivity index (χ0) is 15.1. The van der Waals surface area contributed by atoms with Gasteiger partial charge in [-0.2, -0.15) is 0 Å². The normalized spacial score (nSPS) is 14.9. The molecule has 2 aromatic heterocycles. The van der Waals surface area contributed by atoms with Crippen molar-refractivity contribution >= 4 is 22.2 Å². The van der Waals surface area contributed by atoms with Crippen molar-refractivity contribution in [2.45, 2.75) is 13.3 Å². The number of rotatable bonds is 2. The number of hydroxylamine groups is 2. The molecule has 1 aromatic carbocycles. The summed E-state index contributed by atoms with van der Waals surface area (Å²) in [6.45, 7) is 3.32. The molecule has 0 atom stereocenters. The largest absolute Gasteiger partial charge is 0.295 e. The lowest BCUT2D eigenvalue weighted by Crippen LogP contribution is -2.27. The first-order chi connectivity index (χ1) is 10.7. The number of benzene rings is 1. The Balaban J connectivity index is 1.72. The van der Waals surface area contributed by atoms with Gasteiger partial charge in [0, 0.05) is 17.1 Å². The lowest BCUT2D eigenvalue weighted by Gasteiger charge is -2.12. The van der Waals surface area contributed by atoms with Crippen molar-refractivity contribution in [1.29, 1.82) is 0 Å². The number of nitrogens with zero attached hydrogens (tertiary/aromatic N) is 3. The van der Waals surface area contributed by atoms with Crippen LogP contribution in [-0.2, 0) is 4.84 Å². The van der Waals surface area contributed by atoms with Crippen LogP contribution in [0.4, 0.5) is 0 Å². The maximum atomic E-state index is 12.5. The van der Waals surface area contributed by atoms with Crippen LogP contribution in [0.3, 0.4) is 0 Å². The monoisotopic (exact) mass is 313 g/mol. The van der Waals surface area contributed by atoms with Gasteiger partial charge >= 0.3 is 0 Å². The molecular weight excluding hydrogens is 298 g/mol. The first-order valence-electron chi connectivity index (χ1n) is 7.21. The Labute approximate surface area is 131 Å². The highest BCUT2D eigenvalue weighted by Crippen LogP contribution is 2.25. The number of amides is 1. The number of carbonyl (C=O) groups excluding carboxylic acids is 1. The number of carbonyl (C=O) groups is 1. The number of aromatic nitrogens is 2. The quantitative estimate of drug-likeness (QED) is 0.730. The second-order valence-electron chi connectivity index (χ2n) is 5.36. The SMILES string of the molecule is Cc1ccc(-c2cn3c(C(=O)N4CCCO4)csc3n2)cc1. The summed E-state index contributed by atoms with van der Waals surface area (Å²) in [5, 5.41) is 3.28. The van der Waals surface area contributed by atoms with Crippen LogP contribution < -0.4 is 0 Å². The van der Waals surface area contributed by atoms with E-state index in [-0.39, 0.29) is 5.91 Å². The van der Waals surface area contributed by atoms with E-state index in [1.54, 1.807) is 0 Å². The van der Waals surface area contributed by atoms with Crippen molar-refractivity contribution in [2.24, 2.45) is 0 Å². The van der Waals surface area contributed by atoms with Gasteiger partial charge < -0.3 is 0 Å². The van der Waals surface area contributed by atoms with E-state index in [9.17, 15) is 4.79 Å². The van der Waals surface area contributed by atoms with E-state index in [1.165, 1.54) is 22.0 Å². The fourth-order valence-electron chi connectivity index (χ4n) is 2.54. The highest BCUT2D eigenvalue weighted by atomic mass is 32.1. The fourth-order valence-corrected chi connectivity index (χ4v) is 3.38. The van der Waals surface area contributed by atoms with Gasteiger partial charge in [-0.05, 0) is 13.3 Å². The minimum atomic E-state index is -0.100. The van der Waals surface area contributed by atoms with E-state index in [0.717, 1.165) is 22.6 Å². The predicted molar refractivity (Wildman–Crippen MR) is 84.8 cm³/mol. The molecule has 1 fully saturated rings. The maximum absolute atomic E-state index is 12.5. The average molecular weight is 313 g/mol. The molecule has 3 aromatic rings. The maximum Gasteiger partial charge on any atom is 0.295 e. The van der Waals surface area contributed by atoms with Gasteiger partial charge in [0.15, 0.2) is 4.96 Å². The van der Waals surface area contributed by atoms with Crippen LogP contribution in [0.15, 0.2) is 35.8 Å².